The molecule has 0 heterocycles. The molecule has 4 nitrogen and oxygen atoms in total. The fraction of sp³-hybridized carbons (Fsp3) is 0.818. The van der Waals surface area contributed by atoms with Crippen LogP contribution in [0.15, 0.2) is 0 Å². The molecule has 0 unspecified atom stereocenters. The summed E-state index contributed by atoms with van der Waals surface area (Å²) in [6.45, 7) is 2.10. The normalized spacial score (nSPS) is 29.3. The number of esters is 1. The van der Waals surface area contributed by atoms with Crippen LogP contribution in [-0.2, 0) is 14.3 Å². The lowest BCUT2D eigenvalue weighted by Crippen LogP contribution is -2.50. The van der Waals surface area contributed by atoms with Crippen molar-refractivity contribution in [1.82, 2.24) is 0 Å². The third-order valence-corrected chi connectivity index (χ3v) is 3.23. The Morgan fingerprint density at radius 1 is 1.47 bits per heavy atom. The van der Waals surface area contributed by atoms with Crippen LogP contribution in [0.2, 0.25) is 0 Å². The van der Waals surface area contributed by atoms with Crippen LogP contribution in [0, 0.1) is 11.3 Å². The zero-order chi connectivity index (χ0) is 11.5. The van der Waals surface area contributed by atoms with Crippen molar-refractivity contribution in [1.29, 1.82) is 0 Å². The second-order valence-electron chi connectivity index (χ2n) is 4.30. The standard InChI is InChI=1S/C11H18O4/c1-3-4-5-8-6-11(7-8,9(12)13)10(14)15-2/h8H,3-7H2,1-2H3,(H,12,13). The Morgan fingerprint density at radius 3 is 2.47 bits per heavy atom. The van der Waals surface area contributed by atoms with E-state index >= 15 is 0 Å². The van der Waals surface area contributed by atoms with Crippen LogP contribution in [0.25, 0.3) is 0 Å². The molecule has 0 radical (unpaired) electrons. The van der Waals surface area contributed by atoms with Gasteiger partial charge < -0.3 is 9.84 Å². The maximum absolute atomic E-state index is 11.4. The highest BCUT2D eigenvalue weighted by molar-refractivity contribution is 6.00. The molecule has 0 atom stereocenters. The van der Waals surface area contributed by atoms with Gasteiger partial charge in [-0.1, -0.05) is 26.2 Å². The van der Waals surface area contributed by atoms with Gasteiger partial charge in [0.25, 0.3) is 0 Å². The third kappa shape index (κ3) is 2.13. The van der Waals surface area contributed by atoms with E-state index < -0.39 is 17.4 Å². The van der Waals surface area contributed by atoms with Crippen LogP contribution >= 0.6 is 0 Å². The highest BCUT2D eigenvalue weighted by atomic mass is 16.5. The van der Waals surface area contributed by atoms with Crippen LogP contribution < -0.4 is 0 Å². The SMILES string of the molecule is CCCCC1CC(C(=O)O)(C(=O)OC)C1. The molecule has 1 aliphatic carbocycles. The Bertz CT molecular complexity index is 253. The van der Waals surface area contributed by atoms with Gasteiger partial charge in [0.15, 0.2) is 5.41 Å². The molecule has 4 heteroatoms. The lowest BCUT2D eigenvalue weighted by molar-refractivity contribution is -0.178. The first-order valence-corrected chi connectivity index (χ1v) is 5.38. The summed E-state index contributed by atoms with van der Waals surface area (Å²) in [7, 11) is 1.24. The molecular weight excluding hydrogens is 196 g/mol. The molecule has 0 aromatic heterocycles. The molecule has 0 saturated heterocycles. The largest absolute Gasteiger partial charge is 0.480 e. The van der Waals surface area contributed by atoms with Gasteiger partial charge in [-0.25, -0.2) is 0 Å². The fourth-order valence-corrected chi connectivity index (χ4v) is 2.25. The van der Waals surface area contributed by atoms with Crippen molar-refractivity contribution in [3.05, 3.63) is 0 Å². The number of carboxylic acids is 1. The van der Waals surface area contributed by atoms with Gasteiger partial charge in [0.1, 0.15) is 0 Å². The molecular formula is C11H18O4. The average molecular weight is 214 g/mol. The van der Waals surface area contributed by atoms with Gasteiger partial charge in [-0.2, -0.15) is 0 Å². The maximum Gasteiger partial charge on any atom is 0.323 e. The van der Waals surface area contributed by atoms with E-state index in [1.165, 1.54) is 7.11 Å². The molecule has 1 rings (SSSR count). The number of carbonyl (C=O) groups excluding carboxylic acids is 1. The van der Waals surface area contributed by atoms with E-state index in [4.69, 9.17) is 5.11 Å². The molecule has 0 aromatic carbocycles. The van der Waals surface area contributed by atoms with Crippen molar-refractivity contribution in [2.24, 2.45) is 11.3 Å². The molecule has 0 spiro atoms. The number of methoxy groups -OCH3 is 1. The summed E-state index contributed by atoms with van der Waals surface area (Å²) in [5.41, 5.74) is -1.24. The number of rotatable bonds is 5. The number of carboxylic acid groups (broad SMARTS) is 1. The van der Waals surface area contributed by atoms with Gasteiger partial charge in [-0.05, 0) is 18.8 Å². The van der Waals surface area contributed by atoms with Gasteiger partial charge in [0.05, 0.1) is 7.11 Å². The summed E-state index contributed by atoms with van der Waals surface area (Å²) < 4.78 is 4.55. The first-order chi connectivity index (χ1) is 7.06. The summed E-state index contributed by atoms with van der Waals surface area (Å²) in [4.78, 5) is 22.4. The summed E-state index contributed by atoms with van der Waals surface area (Å²) in [6, 6.07) is 0. The minimum atomic E-state index is -1.24. The molecule has 1 fully saturated rings. The van der Waals surface area contributed by atoms with Gasteiger partial charge in [-0.15, -0.1) is 0 Å². The predicted octanol–water partition coefficient (Wildman–Crippen LogP) is 1.83. The quantitative estimate of drug-likeness (QED) is 0.560. The smallest absolute Gasteiger partial charge is 0.323 e. The van der Waals surface area contributed by atoms with E-state index in [1.54, 1.807) is 0 Å². The van der Waals surface area contributed by atoms with Crippen molar-refractivity contribution in [3.8, 4) is 0 Å². The molecule has 15 heavy (non-hydrogen) atoms. The van der Waals surface area contributed by atoms with Crippen molar-refractivity contribution < 1.29 is 19.4 Å². The van der Waals surface area contributed by atoms with Crippen molar-refractivity contribution >= 4 is 11.9 Å². The molecule has 1 aliphatic rings. The predicted molar refractivity (Wildman–Crippen MR) is 54.3 cm³/mol. The molecule has 0 bridgehead atoms. The Hall–Kier alpha value is -1.06. The van der Waals surface area contributed by atoms with Gasteiger partial charge in [-0.3, -0.25) is 9.59 Å². The first-order valence-electron chi connectivity index (χ1n) is 5.38. The Balaban J connectivity index is 2.53. The number of aliphatic carboxylic acids is 1. The van der Waals surface area contributed by atoms with Crippen molar-refractivity contribution in [2.45, 2.75) is 39.0 Å². The van der Waals surface area contributed by atoms with Crippen LogP contribution in [-0.4, -0.2) is 24.2 Å². The van der Waals surface area contributed by atoms with E-state index in [2.05, 4.69) is 11.7 Å². The monoisotopic (exact) mass is 214 g/mol. The van der Waals surface area contributed by atoms with Crippen molar-refractivity contribution in [3.63, 3.8) is 0 Å². The van der Waals surface area contributed by atoms with Crippen LogP contribution in [0.4, 0.5) is 0 Å². The van der Waals surface area contributed by atoms with E-state index in [0.717, 1.165) is 19.3 Å². The minimum absolute atomic E-state index is 0.375. The molecule has 0 aliphatic heterocycles. The van der Waals surface area contributed by atoms with Gasteiger partial charge in [0, 0.05) is 0 Å². The Labute approximate surface area is 89.6 Å². The highest BCUT2D eigenvalue weighted by Crippen LogP contribution is 2.48. The lowest BCUT2D eigenvalue weighted by Gasteiger charge is -2.41. The first kappa shape index (κ1) is 12.0. The average Bonchev–Trinajstić information content (AvgIpc) is 2.14. The van der Waals surface area contributed by atoms with E-state index in [-0.39, 0.29) is 0 Å². The van der Waals surface area contributed by atoms with Gasteiger partial charge >= 0.3 is 11.9 Å². The summed E-state index contributed by atoms with van der Waals surface area (Å²) in [5, 5.41) is 9.03. The number of hydrogen-bond acceptors (Lipinski definition) is 3. The van der Waals surface area contributed by atoms with Crippen LogP contribution in [0.1, 0.15) is 39.0 Å². The minimum Gasteiger partial charge on any atom is -0.480 e. The highest BCUT2D eigenvalue weighted by Gasteiger charge is 2.56. The molecule has 86 valence electrons. The van der Waals surface area contributed by atoms with Crippen molar-refractivity contribution in [2.75, 3.05) is 7.11 Å². The number of carbonyl (C=O) groups is 2. The van der Waals surface area contributed by atoms with E-state index in [9.17, 15) is 9.59 Å². The Morgan fingerprint density at radius 2 is 2.07 bits per heavy atom. The topological polar surface area (TPSA) is 63.6 Å². The number of hydrogen-bond donors (Lipinski definition) is 1. The van der Waals surface area contributed by atoms with E-state index in [1.807, 2.05) is 0 Å². The maximum atomic E-state index is 11.4. The summed E-state index contributed by atoms with van der Waals surface area (Å²) >= 11 is 0. The molecule has 0 aromatic rings. The number of ether oxygens (including phenoxy) is 1. The zero-order valence-corrected chi connectivity index (χ0v) is 9.28. The van der Waals surface area contributed by atoms with Gasteiger partial charge in [0.2, 0.25) is 0 Å². The lowest BCUT2D eigenvalue weighted by atomic mass is 9.60. The summed E-state index contributed by atoms with van der Waals surface area (Å²) in [5.74, 6) is -1.26. The fourth-order valence-electron chi connectivity index (χ4n) is 2.25. The van der Waals surface area contributed by atoms with Crippen LogP contribution in [0.3, 0.4) is 0 Å². The second-order valence-corrected chi connectivity index (χ2v) is 4.30. The number of unbranched alkanes of at least 4 members (excludes halogenated alkanes) is 1. The second kappa shape index (κ2) is 4.64. The third-order valence-electron chi connectivity index (χ3n) is 3.23. The molecule has 1 saturated carbocycles. The Kier molecular flexibility index (Phi) is 3.72. The molecule has 1 N–H and O–H groups in total. The van der Waals surface area contributed by atoms with E-state index in [0.29, 0.717) is 18.8 Å². The zero-order valence-electron chi connectivity index (χ0n) is 9.28. The summed E-state index contributed by atoms with van der Waals surface area (Å²) in [6.07, 6.45) is 4.10. The molecule has 0 amide bonds. The van der Waals surface area contributed by atoms with Crippen LogP contribution in [0.5, 0.6) is 0 Å².